The first-order valence-corrected chi connectivity index (χ1v) is 11.7. The van der Waals surface area contributed by atoms with Crippen molar-refractivity contribution in [3.63, 3.8) is 0 Å². The van der Waals surface area contributed by atoms with Gasteiger partial charge in [-0.25, -0.2) is 0 Å². The molecule has 154 valence electrons. The molecule has 0 spiro atoms. The molecule has 2 aliphatic carbocycles. The molecule has 2 aromatic rings. The van der Waals surface area contributed by atoms with Crippen LogP contribution in [0.25, 0.3) is 11.4 Å². The van der Waals surface area contributed by atoms with Crippen molar-refractivity contribution < 1.29 is 4.79 Å². The van der Waals surface area contributed by atoms with E-state index in [0.717, 1.165) is 48.1 Å². The van der Waals surface area contributed by atoms with Gasteiger partial charge in [0.05, 0.1) is 5.75 Å². The minimum atomic E-state index is 0.256. The SMILES string of the molecule is C=CCn1c(SCC(=O)N(C2CCC(C)CC2)C2CC2)nnc1-c1ccccc1. The van der Waals surface area contributed by atoms with E-state index in [0.29, 0.717) is 24.4 Å². The maximum Gasteiger partial charge on any atom is 0.233 e. The van der Waals surface area contributed by atoms with Gasteiger partial charge in [0.2, 0.25) is 5.91 Å². The number of carbonyl (C=O) groups excluding carboxylic acids is 1. The summed E-state index contributed by atoms with van der Waals surface area (Å²) in [6, 6.07) is 10.9. The highest BCUT2D eigenvalue weighted by molar-refractivity contribution is 7.99. The highest BCUT2D eigenvalue weighted by Crippen LogP contribution is 2.36. The Hall–Kier alpha value is -2.08. The van der Waals surface area contributed by atoms with Crippen LogP contribution in [0.15, 0.2) is 48.1 Å². The van der Waals surface area contributed by atoms with Gasteiger partial charge in [-0.05, 0) is 44.4 Å². The Morgan fingerprint density at radius 1 is 1.14 bits per heavy atom. The van der Waals surface area contributed by atoms with Crippen molar-refractivity contribution in [1.29, 1.82) is 0 Å². The molecule has 2 saturated carbocycles. The number of nitrogens with zero attached hydrogens (tertiary/aromatic N) is 4. The van der Waals surface area contributed by atoms with Gasteiger partial charge >= 0.3 is 0 Å². The van der Waals surface area contributed by atoms with Crippen molar-refractivity contribution in [2.75, 3.05) is 5.75 Å². The molecule has 1 aromatic carbocycles. The summed E-state index contributed by atoms with van der Waals surface area (Å²) >= 11 is 1.50. The Labute approximate surface area is 177 Å². The second kappa shape index (κ2) is 9.16. The number of aromatic nitrogens is 3. The van der Waals surface area contributed by atoms with Crippen LogP contribution in [0.5, 0.6) is 0 Å². The molecule has 0 aliphatic heterocycles. The second-order valence-corrected chi connectivity index (χ2v) is 9.25. The van der Waals surface area contributed by atoms with Crippen LogP contribution in [0, 0.1) is 5.92 Å². The molecule has 0 N–H and O–H groups in total. The predicted octanol–water partition coefficient (Wildman–Crippen LogP) is 4.79. The van der Waals surface area contributed by atoms with E-state index in [9.17, 15) is 4.79 Å². The summed E-state index contributed by atoms with van der Waals surface area (Å²) in [6.07, 6.45) is 8.95. The van der Waals surface area contributed by atoms with Gasteiger partial charge in [0.1, 0.15) is 0 Å². The Kier molecular flexibility index (Phi) is 6.38. The van der Waals surface area contributed by atoms with Gasteiger partial charge in [0.15, 0.2) is 11.0 Å². The van der Waals surface area contributed by atoms with Crippen LogP contribution >= 0.6 is 11.8 Å². The molecule has 0 unspecified atom stereocenters. The summed E-state index contributed by atoms with van der Waals surface area (Å²) in [5.74, 6) is 2.30. The molecule has 29 heavy (non-hydrogen) atoms. The molecule has 0 bridgehead atoms. The van der Waals surface area contributed by atoms with E-state index in [1.54, 1.807) is 0 Å². The van der Waals surface area contributed by atoms with E-state index in [-0.39, 0.29) is 5.91 Å². The summed E-state index contributed by atoms with van der Waals surface area (Å²) in [5.41, 5.74) is 1.02. The Bertz CT molecular complexity index is 838. The highest BCUT2D eigenvalue weighted by atomic mass is 32.2. The number of thioether (sulfide) groups is 1. The van der Waals surface area contributed by atoms with E-state index in [4.69, 9.17) is 0 Å². The summed E-state index contributed by atoms with van der Waals surface area (Å²) < 4.78 is 2.05. The fraction of sp³-hybridized carbons (Fsp3) is 0.522. The van der Waals surface area contributed by atoms with Crippen LogP contribution in [0.3, 0.4) is 0 Å². The van der Waals surface area contributed by atoms with Crippen LogP contribution in [0.1, 0.15) is 45.4 Å². The van der Waals surface area contributed by atoms with E-state index in [2.05, 4.69) is 28.6 Å². The average Bonchev–Trinajstić information content (AvgIpc) is 3.49. The lowest BCUT2D eigenvalue weighted by Gasteiger charge is -2.36. The van der Waals surface area contributed by atoms with Gasteiger partial charge in [-0.3, -0.25) is 9.36 Å². The van der Waals surface area contributed by atoms with Crippen molar-refractivity contribution in [3.8, 4) is 11.4 Å². The van der Waals surface area contributed by atoms with Gasteiger partial charge in [0.25, 0.3) is 0 Å². The zero-order chi connectivity index (χ0) is 20.2. The topological polar surface area (TPSA) is 51.0 Å². The molecule has 1 amide bonds. The molecule has 1 aromatic heterocycles. The van der Waals surface area contributed by atoms with Crippen molar-refractivity contribution in [2.24, 2.45) is 5.92 Å². The molecule has 2 aliphatic rings. The highest BCUT2D eigenvalue weighted by Gasteiger charge is 2.38. The maximum atomic E-state index is 13.2. The number of rotatable bonds is 8. The first-order valence-electron chi connectivity index (χ1n) is 10.7. The van der Waals surface area contributed by atoms with Gasteiger partial charge in [-0.2, -0.15) is 0 Å². The fourth-order valence-corrected chi connectivity index (χ4v) is 5.09. The first-order chi connectivity index (χ1) is 14.2. The maximum absolute atomic E-state index is 13.2. The zero-order valence-corrected chi connectivity index (χ0v) is 18.0. The van der Waals surface area contributed by atoms with Crippen LogP contribution in [-0.2, 0) is 11.3 Å². The van der Waals surface area contributed by atoms with E-state index in [1.165, 1.54) is 24.6 Å². The van der Waals surface area contributed by atoms with Crippen molar-refractivity contribution in [2.45, 2.75) is 69.2 Å². The van der Waals surface area contributed by atoms with Crippen LogP contribution in [0.2, 0.25) is 0 Å². The summed E-state index contributed by atoms with van der Waals surface area (Å²) in [5, 5.41) is 9.56. The van der Waals surface area contributed by atoms with E-state index < -0.39 is 0 Å². The average molecular weight is 411 g/mol. The van der Waals surface area contributed by atoms with Gasteiger partial charge in [-0.15, -0.1) is 16.8 Å². The minimum Gasteiger partial charge on any atom is -0.336 e. The predicted molar refractivity (Wildman–Crippen MR) is 118 cm³/mol. The van der Waals surface area contributed by atoms with Crippen molar-refractivity contribution >= 4 is 17.7 Å². The molecular weight excluding hydrogens is 380 g/mol. The molecule has 1 heterocycles. The fourth-order valence-electron chi connectivity index (χ4n) is 4.27. The summed E-state index contributed by atoms with van der Waals surface area (Å²) in [4.78, 5) is 15.4. The van der Waals surface area contributed by atoms with Crippen molar-refractivity contribution in [3.05, 3.63) is 43.0 Å². The monoisotopic (exact) mass is 410 g/mol. The molecule has 0 radical (unpaired) electrons. The number of hydrogen-bond donors (Lipinski definition) is 0. The Balaban J connectivity index is 1.46. The Morgan fingerprint density at radius 3 is 2.41 bits per heavy atom. The molecule has 0 atom stereocenters. The van der Waals surface area contributed by atoms with Crippen LogP contribution in [0.4, 0.5) is 0 Å². The number of benzene rings is 1. The van der Waals surface area contributed by atoms with E-state index >= 15 is 0 Å². The number of amides is 1. The van der Waals surface area contributed by atoms with Crippen molar-refractivity contribution in [1.82, 2.24) is 19.7 Å². The smallest absolute Gasteiger partial charge is 0.233 e. The van der Waals surface area contributed by atoms with Gasteiger partial charge in [-0.1, -0.05) is 55.1 Å². The number of allylic oxidation sites excluding steroid dienone is 1. The zero-order valence-electron chi connectivity index (χ0n) is 17.2. The summed E-state index contributed by atoms with van der Waals surface area (Å²) in [6.45, 7) is 6.82. The normalized spacial score (nSPS) is 21.7. The number of hydrogen-bond acceptors (Lipinski definition) is 4. The first kappa shape index (κ1) is 20.2. The third-order valence-electron chi connectivity index (χ3n) is 5.99. The van der Waals surface area contributed by atoms with Crippen LogP contribution in [-0.4, -0.2) is 43.4 Å². The van der Waals surface area contributed by atoms with Gasteiger partial charge < -0.3 is 4.90 Å². The molecule has 2 fully saturated rings. The second-order valence-electron chi connectivity index (χ2n) is 8.31. The number of carbonyl (C=O) groups is 1. The minimum absolute atomic E-state index is 0.256. The third kappa shape index (κ3) is 4.74. The quantitative estimate of drug-likeness (QED) is 0.464. The molecule has 5 nitrogen and oxygen atoms in total. The lowest BCUT2D eigenvalue weighted by atomic mass is 9.86. The van der Waals surface area contributed by atoms with Gasteiger partial charge in [0, 0.05) is 24.2 Å². The summed E-state index contributed by atoms with van der Waals surface area (Å²) in [7, 11) is 0. The Morgan fingerprint density at radius 2 is 1.79 bits per heavy atom. The van der Waals surface area contributed by atoms with E-state index in [1.807, 2.05) is 41.0 Å². The largest absolute Gasteiger partial charge is 0.336 e. The lowest BCUT2D eigenvalue weighted by Crippen LogP contribution is -2.44. The lowest BCUT2D eigenvalue weighted by molar-refractivity contribution is -0.132. The third-order valence-corrected chi connectivity index (χ3v) is 6.94. The molecule has 0 saturated heterocycles. The standard InChI is InChI=1S/C23H30N4OS/c1-3-15-26-22(18-7-5-4-6-8-18)24-25-23(26)29-16-21(28)27(20-13-14-20)19-11-9-17(2)10-12-19/h3-8,17,19-20H,1,9-16H2,2H3. The van der Waals surface area contributed by atoms with Crippen LogP contribution < -0.4 is 0 Å². The molecule has 4 rings (SSSR count). The molecule has 6 heteroatoms. The molecular formula is C23H30N4OS.